The van der Waals surface area contributed by atoms with Crippen molar-refractivity contribution in [3.05, 3.63) is 35.9 Å². The molecule has 5 nitrogen and oxygen atoms in total. The molecule has 1 amide bonds. The lowest BCUT2D eigenvalue weighted by Gasteiger charge is -2.09. The highest BCUT2D eigenvalue weighted by atomic mass is 32.2. The molecule has 0 saturated heterocycles. The summed E-state index contributed by atoms with van der Waals surface area (Å²) in [5.41, 5.74) is 0.523. The first-order valence-electron chi connectivity index (χ1n) is 6.21. The first-order chi connectivity index (χ1) is 8.91. The van der Waals surface area contributed by atoms with E-state index >= 15 is 0 Å². The van der Waals surface area contributed by atoms with Crippen molar-refractivity contribution in [2.45, 2.75) is 13.8 Å². The quantitative estimate of drug-likeness (QED) is 0.784. The van der Waals surface area contributed by atoms with Crippen LogP contribution in [0.5, 0.6) is 0 Å². The van der Waals surface area contributed by atoms with E-state index in [0.717, 1.165) is 0 Å². The van der Waals surface area contributed by atoms with Gasteiger partial charge in [-0.2, -0.15) is 0 Å². The Morgan fingerprint density at radius 1 is 1.21 bits per heavy atom. The van der Waals surface area contributed by atoms with Gasteiger partial charge < -0.3 is 5.32 Å². The number of rotatable bonds is 7. The number of sulfonamides is 1. The van der Waals surface area contributed by atoms with Gasteiger partial charge >= 0.3 is 0 Å². The Bertz CT molecular complexity index is 498. The fraction of sp³-hybridized carbons (Fsp3) is 0.462. The smallest absolute Gasteiger partial charge is 0.251 e. The summed E-state index contributed by atoms with van der Waals surface area (Å²) in [7, 11) is -3.32. The lowest BCUT2D eigenvalue weighted by molar-refractivity contribution is 0.0956. The minimum absolute atomic E-state index is 0.0984. The van der Waals surface area contributed by atoms with Crippen LogP contribution in [0, 0.1) is 5.92 Å². The van der Waals surface area contributed by atoms with E-state index in [1.165, 1.54) is 0 Å². The van der Waals surface area contributed by atoms with E-state index in [0.29, 0.717) is 12.1 Å². The number of carbonyl (C=O) groups is 1. The third kappa shape index (κ3) is 6.35. The lowest BCUT2D eigenvalue weighted by Crippen LogP contribution is -2.35. The molecule has 2 N–H and O–H groups in total. The summed E-state index contributed by atoms with van der Waals surface area (Å²) in [6.07, 6.45) is 0. The molecule has 0 fully saturated rings. The van der Waals surface area contributed by atoms with Crippen LogP contribution >= 0.6 is 0 Å². The highest BCUT2D eigenvalue weighted by Gasteiger charge is 2.11. The number of hydrogen-bond acceptors (Lipinski definition) is 3. The fourth-order valence-corrected chi connectivity index (χ4v) is 2.46. The zero-order chi connectivity index (χ0) is 14.3. The van der Waals surface area contributed by atoms with Gasteiger partial charge in [-0.05, 0) is 18.1 Å². The average Bonchev–Trinajstić information content (AvgIpc) is 2.37. The summed E-state index contributed by atoms with van der Waals surface area (Å²) in [6, 6.07) is 8.70. The van der Waals surface area contributed by atoms with Crippen LogP contribution in [0.25, 0.3) is 0 Å². The second-order valence-electron chi connectivity index (χ2n) is 4.68. The second kappa shape index (κ2) is 7.25. The molecule has 1 rings (SSSR count). The van der Waals surface area contributed by atoms with E-state index < -0.39 is 10.0 Å². The predicted octanol–water partition coefficient (Wildman–Crippen LogP) is 0.992. The normalized spacial score (nSPS) is 11.5. The highest BCUT2D eigenvalue weighted by molar-refractivity contribution is 7.89. The summed E-state index contributed by atoms with van der Waals surface area (Å²) in [4.78, 5) is 11.7. The number of benzene rings is 1. The summed E-state index contributed by atoms with van der Waals surface area (Å²) >= 11 is 0. The van der Waals surface area contributed by atoms with E-state index in [9.17, 15) is 13.2 Å². The Kier molecular flexibility index (Phi) is 5.98. The molecule has 0 unspecified atom stereocenters. The van der Waals surface area contributed by atoms with Crippen molar-refractivity contribution in [2.75, 3.05) is 18.8 Å². The highest BCUT2D eigenvalue weighted by Crippen LogP contribution is 1.97. The first kappa shape index (κ1) is 15.7. The van der Waals surface area contributed by atoms with Crippen LogP contribution in [-0.4, -0.2) is 33.2 Å². The second-order valence-corrected chi connectivity index (χ2v) is 6.61. The third-order valence-electron chi connectivity index (χ3n) is 2.40. The van der Waals surface area contributed by atoms with Crippen molar-refractivity contribution in [1.82, 2.24) is 10.0 Å². The van der Waals surface area contributed by atoms with E-state index in [1.54, 1.807) is 24.3 Å². The summed E-state index contributed by atoms with van der Waals surface area (Å²) in [5, 5.41) is 2.58. The molecule has 1 aromatic carbocycles. The van der Waals surface area contributed by atoms with Gasteiger partial charge in [-0.25, -0.2) is 13.1 Å². The largest absolute Gasteiger partial charge is 0.351 e. The van der Waals surface area contributed by atoms with Crippen molar-refractivity contribution in [3.63, 3.8) is 0 Å². The van der Waals surface area contributed by atoms with Crippen molar-refractivity contribution in [2.24, 2.45) is 5.92 Å². The number of amides is 1. The van der Waals surface area contributed by atoms with Crippen molar-refractivity contribution in [3.8, 4) is 0 Å². The standard InChI is InChI=1S/C13H20N2O3S/c1-11(2)10-15-19(17,18)9-8-14-13(16)12-6-4-3-5-7-12/h3-7,11,15H,8-10H2,1-2H3,(H,14,16). The minimum Gasteiger partial charge on any atom is -0.351 e. The number of nitrogens with one attached hydrogen (secondary N) is 2. The molecule has 1 aromatic rings. The van der Waals surface area contributed by atoms with Crippen molar-refractivity contribution in [1.29, 1.82) is 0 Å². The Labute approximate surface area is 114 Å². The molecule has 0 spiro atoms. The van der Waals surface area contributed by atoms with Crippen LogP contribution in [0.4, 0.5) is 0 Å². The van der Waals surface area contributed by atoms with Gasteiger partial charge in [0, 0.05) is 18.7 Å². The van der Waals surface area contributed by atoms with E-state index in [2.05, 4.69) is 10.0 Å². The van der Waals surface area contributed by atoms with Crippen LogP contribution in [-0.2, 0) is 10.0 Å². The summed E-state index contributed by atoms with van der Waals surface area (Å²) in [5.74, 6) is -0.119. The summed E-state index contributed by atoms with van der Waals surface area (Å²) in [6.45, 7) is 4.37. The maximum Gasteiger partial charge on any atom is 0.251 e. The average molecular weight is 284 g/mol. The molecule has 0 atom stereocenters. The molecule has 19 heavy (non-hydrogen) atoms. The molecule has 0 aliphatic carbocycles. The molecule has 0 saturated carbocycles. The SMILES string of the molecule is CC(C)CNS(=O)(=O)CCNC(=O)c1ccccc1. The van der Waals surface area contributed by atoms with E-state index in [-0.39, 0.29) is 24.1 Å². The van der Waals surface area contributed by atoms with E-state index in [1.807, 2.05) is 19.9 Å². The maximum absolute atomic E-state index is 11.7. The van der Waals surface area contributed by atoms with Gasteiger partial charge in [-0.3, -0.25) is 4.79 Å². The van der Waals surface area contributed by atoms with Crippen LogP contribution in [0.15, 0.2) is 30.3 Å². The Hall–Kier alpha value is -1.40. The van der Waals surface area contributed by atoms with Gasteiger partial charge in [0.1, 0.15) is 0 Å². The molecule has 0 bridgehead atoms. The lowest BCUT2D eigenvalue weighted by atomic mass is 10.2. The maximum atomic E-state index is 11.7. The van der Waals surface area contributed by atoms with Crippen molar-refractivity contribution >= 4 is 15.9 Å². The van der Waals surface area contributed by atoms with Gasteiger partial charge in [0.15, 0.2) is 0 Å². The monoisotopic (exact) mass is 284 g/mol. The van der Waals surface area contributed by atoms with Gasteiger partial charge in [0.05, 0.1) is 5.75 Å². The van der Waals surface area contributed by atoms with Gasteiger partial charge in [0.2, 0.25) is 10.0 Å². The Morgan fingerprint density at radius 3 is 2.42 bits per heavy atom. The molecule has 106 valence electrons. The zero-order valence-corrected chi connectivity index (χ0v) is 12.0. The van der Waals surface area contributed by atoms with Crippen molar-refractivity contribution < 1.29 is 13.2 Å². The Balaban J connectivity index is 2.36. The minimum atomic E-state index is -3.32. The molecule has 0 aromatic heterocycles. The fourth-order valence-electron chi connectivity index (χ4n) is 1.36. The van der Waals surface area contributed by atoms with Crippen LogP contribution in [0.1, 0.15) is 24.2 Å². The molecular formula is C13H20N2O3S. The van der Waals surface area contributed by atoms with Gasteiger partial charge in [0.25, 0.3) is 5.91 Å². The van der Waals surface area contributed by atoms with Crippen LogP contribution < -0.4 is 10.0 Å². The van der Waals surface area contributed by atoms with Gasteiger partial charge in [-0.15, -0.1) is 0 Å². The topological polar surface area (TPSA) is 75.3 Å². The molecule has 0 heterocycles. The van der Waals surface area contributed by atoms with Crippen LogP contribution in [0.2, 0.25) is 0 Å². The molecular weight excluding hydrogens is 264 g/mol. The predicted molar refractivity (Wildman–Crippen MR) is 75.4 cm³/mol. The van der Waals surface area contributed by atoms with Gasteiger partial charge in [-0.1, -0.05) is 32.0 Å². The zero-order valence-electron chi connectivity index (χ0n) is 11.2. The Morgan fingerprint density at radius 2 is 1.84 bits per heavy atom. The molecule has 6 heteroatoms. The van der Waals surface area contributed by atoms with E-state index in [4.69, 9.17) is 0 Å². The molecule has 0 aliphatic rings. The number of carbonyl (C=O) groups excluding carboxylic acids is 1. The first-order valence-corrected chi connectivity index (χ1v) is 7.86. The number of hydrogen-bond donors (Lipinski definition) is 2. The third-order valence-corrected chi connectivity index (χ3v) is 3.75. The molecule has 0 radical (unpaired) electrons. The molecule has 0 aliphatic heterocycles. The van der Waals surface area contributed by atoms with Crippen LogP contribution in [0.3, 0.4) is 0 Å². The summed E-state index contributed by atoms with van der Waals surface area (Å²) < 4.78 is 25.7.